The smallest absolute Gasteiger partial charge is 0.434 e. The molecule has 47 heavy (non-hydrogen) atoms. The molecule has 2 aliphatic rings. The Morgan fingerprint density at radius 3 is 2.06 bits per heavy atom. The highest BCUT2D eigenvalue weighted by Crippen LogP contribution is 2.43. The maximum Gasteiger partial charge on any atom is 0.434 e. The molecule has 7 aromatic carbocycles. The lowest BCUT2D eigenvalue weighted by molar-refractivity contribution is 0.479. The lowest BCUT2D eigenvalue weighted by Crippen LogP contribution is -2.53. The molecule has 218 valence electrons. The molecule has 9 aromatic rings. The van der Waals surface area contributed by atoms with Crippen molar-refractivity contribution in [2.75, 3.05) is 0 Å². The summed E-state index contributed by atoms with van der Waals surface area (Å²) in [4.78, 5) is 0. The second kappa shape index (κ2) is 9.18. The zero-order valence-corrected chi connectivity index (χ0v) is 25.1. The fourth-order valence-corrected chi connectivity index (χ4v) is 7.81. The Hall–Kier alpha value is -6.20. The number of fused-ring (bicyclic) bond motifs is 10. The largest absolute Gasteiger partial charge is 0.551 e. The minimum atomic E-state index is -0.269. The SMILES string of the molecule is c1cc2c3c(c1)-c1cc(-c4cccc5c4oc4ccccc45)ccc1OB3c1ccc(-n3c4ccccc4c4ccccc43)cc1O2. The van der Waals surface area contributed by atoms with Crippen molar-refractivity contribution in [2.45, 2.75) is 0 Å². The molecule has 2 aliphatic heterocycles. The van der Waals surface area contributed by atoms with Gasteiger partial charge in [-0.05, 0) is 53.6 Å². The maximum absolute atomic E-state index is 6.85. The normalized spacial score (nSPS) is 13.0. The van der Waals surface area contributed by atoms with Crippen LogP contribution >= 0.6 is 0 Å². The summed E-state index contributed by atoms with van der Waals surface area (Å²) < 4.78 is 22.3. The van der Waals surface area contributed by atoms with Crippen LogP contribution in [0.1, 0.15) is 0 Å². The Kier molecular flexibility index (Phi) is 4.89. The van der Waals surface area contributed by atoms with Gasteiger partial charge in [0.1, 0.15) is 28.4 Å². The number of benzene rings is 7. The fraction of sp³-hybridized carbons (Fsp3) is 0. The molecular formula is C42H24BNO3. The van der Waals surface area contributed by atoms with Gasteiger partial charge in [-0.2, -0.15) is 0 Å². The molecule has 0 saturated heterocycles. The van der Waals surface area contributed by atoms with Crippen LogP contribution in [0.4, 0.5) is 0 Å². The average Bonchev–Trinajstić information content (AvgIpc) is 3.67. The van der Waals surface area contributed by atoms with Crippen LogP contribution in [0.3, 0.4) is 0 Å². The van der Waals surface area contributed by atoms with Gasteiger partial charge >= 0.3 is 6.92 Å². The average molecular weight is 601 g/mol. The third-order valence-corrected chi connectivity index (χ3v) is 9.90. The molecule has 0 radical (unpaired) electrons. The van der Waals surface area contributed by atoms with E-state index in [1.54, 1.807) is 0 Å². The maximum atomic E-state index is 6.85. The second-order valence-corrected chi connectivity index (χ2v) is 12.4. The van der Waals surface area contributed by atoms with E-state index in [9.17, 15) is 0 Å². The first-order valence-corrected chi connectivity index (χ1v) is 16.0. The van der Waals surface area contributed by atoms with E-state index in [2.05, 4.69) is 138 Å². The molecule has 4 heterocycles. The predicted molar refractivity (Wildman–Crippen MR) is 191 cm³/mol. The van der Waals surface area contributed by atoms with Gasteiger partial charge in [0.25, 0.3) is 0 Å². The second-order valence-electron chi connectivity index (χ2n) is 12.4. The topological polar surface area (TPSA) is 36.5 Å². The van der Waals surface area contributed by atoms with Crippen LogP contribution in [0.15, 0.2) is 150 Å². The van der Waals surface area contributed by atoms with Crippen molar-refractivity contribution in [2.24, 2.45) is 0 Å². The molecule has 0 fully saturated rings. The Morgan fingerprint density at radius 1 is 0.489 bits per heavy atom. The quantitative estimate of drug-likeness (QED) is 0.185. The summed E-state index contributed by atoms with van der Waals surface area (Å²) in [7, 11) is 0. The zero-order chi connectivity index (χ0) is 30.6. The molecule has 0 amide bonds. The molecular weight excluding hydrogens is 577 g/mol. The van der Waals surface area contributed by atoms with E-state index in [0.717, 1.165) is 78.1 Å². The van der Waals surface area contributed by atoms with Gasteiger partial charge < -0.3 is 18.4 Å². The highest BCUT2D eigenvalue weighted by molar-refractivity contribution is 6.84. The van der Waals surface area contributed by atoms with E-state index in [4.69, 9.17) is 13.8 Å². The number of para-hydroxylation sites is 4. The van der Waals surface area contributed by atoms with Crippen LogP contribution < -0.4 is 20.3 Å². The molecule has 11 rings (SSSR count). The van der Waals surface area contributed by atoms with E-state index >= 15 is 0 Å². The summed E-state index contributed by atoms with van der Waals surface area (Å²) in [5, 5.41) is 4.72. The van der Waals surface area contributed by atoms with Crippen molar-refractivity contribution >= 4 is 61.6 Å². The van der Waals surface area contributed by atoms with Crippen molar-refractivity contribution in [3.05, 3.63) is 146 Å². The number of hydrogen-bond donors (Lipinski definition) is 0. The Balaban J connectivity index is 1.04. The number of aromatic nitrogens is 1. The summed E-state index contributed by atoms with van der Waals surface area (Å²) in [6.45, 7) is -0.269. The van der Waals surface area contributed by atoms with Crippen LogP contribution in [-0.4, -0.2) is 11.5 Å². The molecule has 0 aliphatic carbocycles. The summed E-state index contributed by atoms with van der Waals surface area (Å²) in [5.74, 6) is 2.50. The lowest BCUT2D eigenvalue weighted by Gasteiger charge is -2.33. The molecule has 0 N–H and O–H groups in total. The van der Waals surface area contributed by atoms with E-state index < -0.39 is 0 Å². The monoisotopic (exact) mass is 601 g/mol. The van der Waals surface area contributed by atoms with E-state index in [1.165, 1.54) is 21.8 Å². The minimum Gasteiger partial charge on any atom is -0.551 e. The van der Waals surface area contributed by atoms with Gasteiger partial charge in [-0.15, -0.1) is 0 Å². The van der Waals surface area contributed by atoms with Gasteiger partial charge in [0.2, 0.25) is 0 Å². The highest BCUT2D eigenvalue weighted by atomic mass is 16.5. The van der Waals surface area contributed by atoms with E-state index in [1.807, 2.05) is 12.1 Å². The van der Waals surface area contributed by atoms with Gasteiger partial charge in [-0.1, -0.05) is 97.1 Å². The van der Waals surface area contributed by atoms with E-state index in [0.29, 0.717) is 0 Å². The first-order valence-electron chi connectivity index (χ1n) is 16.0. The summed E-state index contributed by atoms with van der Waals surface area (Å²) in [6.07, 6.45) is 0. The van der Waals surface area contributed by atoms with Crippen LogP contribution in [-0.2, 0) is 0 Å². The summed E-state index contributed by atoms with van der Waals surface area (Å²) in [5.41, 5.74) is 11.6. The van der Waals surface area contributed by atoms with Crippen molar-refractivity contribution < 1.29 is 13.8 Å². The molecule has 4 nitrogen and oxygen atoms in total. The lowest BCUT2D eigenvalue weighted by atomic mass is 9.51. The van der Waals surface area contributed by atoms with Crippen molar-refractivity contribution in [3.8, 4) is 45.2 Å². The Labute approximate surface area is 270 Å². The molecule has 0 saturated carbocycles. The number of hydrogen-bond acceptors (Lipinski definition) is 3. The number of nitrogens with zero attached hydrogens (tertiary/aromatic N) is 1. The fourth-order valence-electron chi connectivity index (χ4n) is 7.81. The first-order chi connectivity index (χ1) is 23.3. The zero-order valence-electron chi connectivity index (χ0n) is 25.1. The molecule has 0 bridgehead atoms. The summed E-state index contributed by atoms with van der Waals surface area (Å²) >= 11 is 0. The number of ether oxygens (including phenoxy) is 1. The van der Waals surface area contributed by atoms with Gasteiger partial charge in [0, 0.05) is 55.4 Å². The third kappa shape index (κ3) is 3.43. The first kappa shape index (κ1) is 25.0. The Bertz CT molecular complexity index is 2720. The van der Waals surface area contributed by atoms with Crippen molar-refractivity contribution in [1.82, 2.24) is 4.57 Å². The molecule has 0 unspecified atom stereocenters. The predicted octanol–water partition coefficient (Wildman–Crippen LogP) is 9.62. The van der Waals surface area contributed by atoms with Crippen LogP contribution in [0.5, 0.6) is 17.2 Å². The highest BCUT2D eigenvalue weighted by Gasteiger charge is 2.40. The molecule has 0 atom stereocenters. The minimum absolute atomic E-state index is 0.269. The summed E-state index contributed by atoms with van der Waals surface area (Å²) in [6, 6.07) is 51.0. The molecule has 2 aromatic heterocycles. The Morgan fingerprint density at radius 2 is 1.21 bits per heavy atom. The van der Waals surface area contributed by atoms with Gasteiger partial charge in [0.15, 0.2) is 0 Å². The van der Waals surface area contributed by atoms with E-state index in [-0.39, 0.29) is 6.92 Å². The number of furan rings is 1. The van der Waals surface area contributed by atoms with Gasteiger partial charge in [0.05, 0.1) is 11.0 Å². The van der Waals surface area contributed by atoms with Gasteiger partial charge in [-0.3, -0.25) is 0 Å². The van der Waals surface area contributed by atoms with Crippen LogP contribution in [0.25, 0.3) is 71.7 Å². The standard InChI is InChI=1S/C42H24BNO3/c1-4-15-35-28(9-1)29-10-2-5-16-36(29)44(35)26-20-21-34-40(24-26)45-39-18-8-13-31-33-23-25(19-22-38(33)47-43(34)41(31)39)27-12-7-14-32-30-11-3-6-17-37(30)46-42(27)32/h1-24H. The molecule has 5 heteroatoms. The number of rotatable bonds is 2. The third-order valence-electron chi connectivity index (χ3n) is 9.90. The van der Waals surface area contributed by atoms with Crippen molar-refractivity contribution in [1.29, 1.82) is 0 Å². The molecule has 0 spiro atoms. The van der Waals surface area contributed by atoms with Crippen molar-refractivity contribution in [3.63, 3.8) is 0 Å². The van der Waals surface area contributed by atoms with Crippen LogP contribution in [0.2, 0.25) is 0 Å². The van der Waals surface area contributed by atoms with Crippen LogP contribution in [0, 0.1) is 0 Å². The van der Waals surface area contributed by atoms with Gasteiger partial charge in [-0.25, -0.2) is 0 Å².